The molecule has 47 heavy (non-hydrogen) atoms. The van der Waals surface area contributed by atoms with Gasteiger partial charge in [-0.25, -0.2) is 15.0 Å². The van der Waals surface area contributed by atoms with Crippen LogP contribution in [0.1, 0.15) is 0 Å². The average Bonchev–Trinajstić information content (AvgIpc) is 3.60. The van der Waals surface area contributed by atoms with Gasteiger partial charge in [0.2, 0.25) is 0 Å². The second kappa shape index (κ2) is 11.4. The molecule has 0 fully saturated rings. The number of hydrogen-bond acceptors (Lipinski definition) is 4. The van der Waals surface area contributed by atoms with Gasteiger partial charge in [0.1, 0.15) is 0 Å². The molecule has 3 nitrogen and oxygen atoms in total. The average molecular weight is 618 g/mol. The normalized spacial score (nSPS) is 11.4. The molecule has 0 radical (unpaired) electrons. The van der Waals surface area contributed by atoms with Crippen molar-refractivity contribution < 1.29 is 0 Å². The van der Waals surface area contributed by atoms with Gasteiger partial charge in [-0.3, -0.25) is 0 Å². The van der Waals surface area contributed by atoms with Crippen LogP contribution in [0.4, 0.5) is 0 Å². The number of benzene rings is 7. The van der Waals surface area contributed by atoms with E-state index in [-0.39, 0.29) is 0 Å². The molecule has 0 atom stereocenters. The van der Waals surface area contributed by atoms with Gasteiger partial charge in [0.15, 0.2) is 17.5 Å². The molecule has 0 amide bonds. The van der Waals surface area contributed by atoms with E-state index in [1.54, 1.807) is 11.3 Å². The number of fused-ring (bicyclic) bond motifs is 4. The molecule has 2 aromatic heterocycles. The minimum absolute atomic E-state index is 0.653. The quantitative estimate of drug-likeness (QED) is 0.180. The van der Waals surface area contributed by atoms with E-state index in [9.17, 15) is 0 Å². The summed E-state index contributed by atoms with van der Waals surface area (Å²) < 4.78 is 1.21. The van der Waals surface area contributed by atoms with E-state index in [4.69, 9.17) is 15.0 Å². The standard InChI is InChI=1S/C43H27N3S/c1-2-12-28(13-3-1)33-16-7-10-20-37(33)42-44-41(45-43(46-42)40-27-32-15-5-11-21-39(32)47-40)30-24-22-29(23-25-30)38-26-31-14-4-6-17-34(31)35-18-8-9-19-36(35)38/h1-27H. The van der Waals surface area contributed by atoms with Crippen molar-refractivity contribution in [1.82, 2.24) is 15.0 Å². The Morgan fingerprint density at radius 3 is 1.72 bits per heavy atom. The Bertz CT molecular complexity index is 2540. The number of rotatable bonds is 5. The third-order valence-corrected chi connectivity index (χ3v) is 9.87. The molecular weight excluding hydrogens is 591 g/mol. The van der Waals surface area contributed by atoms with Crippen LogP contribution in [-0.2, 0) is 0 Å². The van der Waals surface area contributed by atoms with Crippen molar-refractivity contribution in [3.8, 4) is 55.7 Å². The molecule has 7 aromatic carbocycles. The van der Waals surface area contributed by atoms with Crippen molar-refractivity contribution in [2.45, 2.75) is 0 Å². The van der Waals surface area contributed by atoms with E-state index in [1.165, 1.54) is 37.2 Å². The molecular formula is C43H27N3S. The van der Waals surface area contributed by atoms with Crippen molar-refractivity contribution in [2.75, 3.05) is 0 Å². The number of nitrogens with zero attached hydrogens (tertiary/aromatic N) is 3. The molecule has 0 aliphatic rings. The van der Waals surface area contributed by atoms with Gasteiger partial charge in [0, 0.05) is 15.8 Å². The molecule has 0 saturated heterocycles. The first-order valence-corrected chi connectivity index (χ1v) is 16.5. The molecule has 9 aromatic rings. The van der Waals surface area contributed by atoms with Crippen LogP contribution in [0.3, 0.4) is 0 Å². The molecule has 220 valence electrons. The number of hydrogen-bond donors (Lipinski definition) is 0. The van der Waals surface area contributed by atoms with Gasteiger partial charge in [-0.1, -0.05) is 146 Å². The summed E-state index contributed by atoms with van der Waals surface area (Å²) in [6.07, 6.45) is 0. The summed E-state index contributed by atoms with van der Waals surface area (Å²) in [5.41, 5.74) is 6.51. The van der Waals surface area contributed by atoms with E-state index in [2.05, 4.69) is 152 Å². The first kappa shape index (κ1) is 27.3. The first-order valence-electron chi connectivity index (χ1n) is 15.7. The van der Waals surface area contributed by atoms with Crippen molar-refractivity contribution in [1.29, 1.82) is 0 Å². The Morgan fingerprint density at radius 2 is 0.915 bits per heavy atom. The lowest BCUT2D eigenvalue weighted by Gasteiger charge is -2.13. The van der Waals surface area contributed by atoms with Gasteiger partial charge >= 0.3 is 0 Å². The van der Waals surface area contributed by atoms with Gasteiger partial charge in [-0.2, -0.15) is 0 Å². The van der Waals surface area contributed by atoms with Crippen molar-refractivity contribution in [3.63, 3.8) is 0 Å². The fraction of sp³-hybridized carbons (Fsp3) is 0. The minimum atomic E-state index is 0.653. The fourth-order valence-corrected chi connectivity index (χ4v) is 7.46. The summed E-state index contributed by atoms with van der Waals surface area (Å²) >= 11 is 1.71. The maximum absolute atomic E-state index is 5.12. The summed E-state index contributed by atoms with van der Waals surface area (Å²) in [4.78, 5) is 16.3. The van der Waals surface area contributed by atoms with Crippen molar-refractivity contribution in [2.24, 2.45) is 0 Å². The Hall–Kier alpha value is -5.97. The first-order chi connectivity index (χ1) is 23.3. The van der Waals surface area contributed by atoms with E-state index in [0.29, 0.717) is 17.5 Å². The van der Waals surface area contributed by atoms with Crippen LogP contribution in [0.15, 0.2) is 164 Å². The SMILES string of the molecule is c1ccc(-c2ccccc2-c2nc(-c3ccc(-c4cc5ccccc5c5ccccc45)cc3)nc(-c3cc4ccccc4s3)n2)cc1. The predicted octanol–water partition coefficient (Wildman–Crippen LogP) is 11.7. The minimum Gasteiger partial charge on any atom is -0.208 e. The molecule has 0 N–H and O–H groups in total. The highest BCUT2D eigenvalue weighted by molar-refractivity contribution is 7.22. The molecule has 0 spiro atoms. The van der Waals surface area contributed by atoms with Crippen LogP contribution in [0.5, 0.6) is 0 Å². The van der Waals surface area contributed by atoms with Crippen LogP contribution >= 0.6 is 11.3 Å². The number of aromatic nitrogens is 3. The van der Waals surface area contributed by atoms with E-state index >= 15 is 0 Å². The van der Waals surface area contributed by atoms with Crippen LogP contribution in [0, 0.1) is 0 Å². The smallest absolute Gasteiger partial charge is 0.174 e. The Morgan fingerprint density at radius 1 is 0.340 bits per heavy atom. The van der Waals surface area contributed by atoms with Gasteiger partial charge in [-0.15, -0.1) is 11.3 Å². The Labute approximate surface area is 276 Å². The van der Waals surface area contributed by atoms with Crippen LogP contribution in [-0.4, -0.2) is 15.0 Å². The molecule has 0 bridgehead atoms. The predicted molar refractivity (Wildman–Crippen MR) is 197 cm³/mol. The van der Waals surface area contributed by atoms with Crippen molar-refractivity contribution in [3.05, 3.63) is 164 Å². The summed E-state index contributed by atoms with van der Waals surface area (Å²) in [6, 6.07) is 57.6. The lowest BCUT2D eigenvalue weighted by Crippen LogP contribution is -2.00. The van der Waals surface area contributed by atoms with Gasteiger partial charge < -0.3 is 0 Å². The van der Waals surface area contributed by atoms with Crippen LogP contribution in [0.25, 0.3) is 87.4 Å². The van der Waals surface area contributed by atoms with E-state index < -0.39 is 0 Å². The van der Waals surface area contributed by atoms with Crippen LogP contribution < -0.4 is 0 Å². The topological polar surface area (TPSA) is 38.7 Å². The maximum Gasteiger partial charge on any atom is 0.174 e. The fourth-order valence-electron chi connectivity index (χ4n) is 6.47. The molecule has 0 unspecified atom stereocenters. The van der Waals surface area contributed by atoms with Gasteiger partial charge in [0.25, 0.3) is 0 Å². The largest absolute Gasteiger partial charge is 0.208 e. The second-order valence-electron chi connectivity index (χ2n) is 11.6. The highest BCUT2D eigenvalue weighted by atomic mass is 32.1. The second-order valence-corrected chi connectivity index (χ2v) is 12.7. The molecule has 2 heterocycles. The Kier molecular flexibility index (Phi) is 6.65. The zero-order chi connectivity index (χ0) is 31.2. The monoisotopic (exact) mass is 617 g/mol. The molecule has 9 rings (SSSR count). The summed E-state index contributed by atoms with van der Waals surface area (Å²) in [6.45, 7) is 0. The van der Waals surface area contributed by atoms with Crippen LogP contribution in [0.2, 0.25) is 0 Å². The zero-order valence-electron chi connectivity index (χ0n) is 25.3. The summed E-state index contributed by atoms with van der Waals surface area (Å²) in [7, 11) is 0. The lowest BCUT2D eigenvalue weighted by molar-refractivity contribution is 1.08. The molecule has 0 aliphatic heterocycles. The molecule has 0 aliphatic carbocycles. The third-order valence-electron chi connectivity index (χ3n) is 8.76. The highest BCUT2D eigenvalue weighted by Gasteiger charge is 2.17. The highest BCUT2D eigenvalue weighted by Crippen LogP contribution is 2.38. The van der Waals surface area contributed by atoms with E-state index in [1.807, 2.05) is 12.1 Å². The van der Waals surface area contributed by atoms with E-state index in [0.717, 1.165) is 32.7 Å². The summed E-state index contributed by atoms with van der Waals surface area (Å²) in [5, 5.41) is 6.19. The Balaban J connectivity index is 1.20. The molecule has 0 saturated carbocycles. The maximum atomic E-state index is 5.12. The van der Waals surface area contributed by atoms with Gasteiger partial charge in [0.05, 0.1) is 4.88 Å². The van der Waals surface area contributed by atoms with Crippen molar-refractivity contribution >= 4 is 43.0 Å². The lowest BCUT2D eigenvalue weighted by atomic mass is 9.93. The summed E-state index contributed by atoms with van der Waals surface area (Å²) in [5.74, 6) is 1.99. The number of thiophene rings is 1. The third kappa shape index (κ3) is 4.96. The molecule has 4 heteroatoms. The zero-order valence-corrected chi connectivity index (χ0v) is 26.2. The van der Waals surface area contributed by atoms with Gasteiger partial charge in [-0.05, 0) is 67.4 Å².